The van der Waals surface area contributed by atoms with Crippen LogP contribution in [0, 0.1) is 6.92 Å². The minimum absolute atomic E-state index is 0.184. The molecule has 2 aromatic heterocycles. The zero-order valence-corrected chi connectivity index (χ0v) is 11.4. The Labute approximate surface area is 111 Å². The number of carbonyl (C=O) groups is 1. The van der Waals surface area contributed by atoms with E-state index >= 15 is 0 Å². The van der Waals surface area contributed by atoms with Crippen molar-refractivity contribution in [2.24, 2.45) is 0 Å². The Kier molecular flexibility index (Phi) is 3.99. The number of nitrogens with zero attached hydrogens (tertiary/aromatic N) is 2. The summed E-state index contributed by atoms with van der Waals surface area (Å²) in [4.78, 5) is 11.8. The van der Waals surface area contributed by atoms with Gasteiger partial charge in [0.15, 0.2) is 5.82 Å². The molecule has 0 aromatic carbocycles. The first kappa shape index (κ1) is 13.3. The number of hydrogen-bond donors (Lipinski definition) is 2. The van der Waals surface area contributed by atoms with Crippen LogP contribution in [0.5, 0.6) is 0 Å². The van der Waals surface area contributed by atoms with E-state index in [-0.39, 0.29) is 11.7 Å². The van der Waals surface area contributed by atoms with Crippen LogP contribution in [0.15, 0.2) is 16.7 Å². The molecule has 6 nitrogen and oxygen atoms in total. The number of rotatable bonds is 5. The summed E-state index contributed by atoms with van der Waals surface area (Å²) in [5, 5.41) is 13.4. The minimum Gasteiger partial charge on any atom is -0.351 e. The molecule has 19 heavy (non-hydrogen) atoms. The van der Waals surface area contributed by atoms with Crippen LogP contribution in [0.2, 0.25) is 0 Å². The topological polar surface area (TPSA) is 83.8 Å². The monoisotopic (exact) mass is 262 g/mol. The van der Waals surface area contributed by atoms with Gasteiger partial charge >= 0.3 is 0 Å². The number of aromatic nitrogens is 3. The van der Waals surface area contributed by atoms with Crippen LogP contribution in [0.25, 0.3) is 0 Å². The van der Waals surface area contributed by atoms with Gasteiger partial charge in [-0.2, -0.15) is 5.10 Å². The fourth-order valence-electron chi connectivity index (χ4n) is 1.89. The third-order valence-corrected chi connectivity index (χ3v) is 2.94. The van der Waals surface area contributed by atoms with Gasteiger partial charge in [0.1, 0.15) is 0 Å². The molecule has 6 heteroatoms. The van der Waals surface area contributed by atoms with E-state index in [0.717, 1.165) is 18.5 Å². The average Bonchev–Trinajstić information content (AvgIpc) is 2.98. The summed E-state index contributed by atoms with van der Waals surface area (Å²) in [6.07, 6.45) is 2.19. The Balaban J connectivity index is 2.02. The van der Waals surface area contributed by atoms with Crippen LogP contribution < -0.4 is 5.32 Å². The highest BCUT2D eigenvalue weighted by Crippen LogP contribution is 2.20. The van der Waals surface area contributed by atoms with Crippen molar-refractivity contribution < 1.29 is 9.32 Å². The number of carbonyl (C=O) groups excluding carboxylic acids is 1. The zero-order chi connectivity index (χ0) is 13.8. The van der Waals surface area contributed by atoms with E-state index < -0.39 is 0 Å². The van der Waals surface area contributed by atoms with Gasteiger partial charge in [-0.25, -0.2) is 0 Å². The highest BCUT2D eigenvalue weighted by Gasteiger charge is 2.14. The number of amides is 1. The Hall–Kier alpha value is -2.11. The maximum atomic E-state index is 11.8. The molecule has 2 N–H and O–H groups in total. The summed E-state index contributed by atoms with van der Waals surface area (Å²) < 4.78 is 4.89. The van der Waals surface area contributed by atoms with Gasteiger partial charge in [0, 0.05) is 17.8 Å². The largest absolute Gasteiger partial charge is 0.351 e. The van der Waals surface area contributed by atoms with Gasteiger partial charge in [-0.05, 0) is 19.3 Å². The Morgan fingerprint density at radius 3 is 2.95 bits per heavy atom. The molecule has 0 spiro atoms. The molecule has 1 atom stereocenters. The van der Waals surface area contributed by atoms with Crippen molar-refractivity contribution in [3.05, 3.63) is 29.3 Å². The summed E-state index contributed by atoms with van der Waals surface area (Å²) in [5.74, 6) is 0.734. The predicted octanol–water partition coefficient (Wildman–Crippen LogP) is 2.86. The number of H-pyrrole nitrogens is 1. The number of anilines is 1. The zero-order valence-electron chi connectivity index (χ0n) is 11.4. The van der Waals surface area contributed by atoms with Gasteiger partial charge in [0.05, 0.1) is 5.69 Å². The van der Waals surface area contributed by atoms with Crippen molar-refractivity contribution in [2.45, 2.75) is 39.5 Å². The third-order valence-electron chi connectivity index (χ3n) is 2.94. The highest BCUT2D eigenvalue weighted by molar-refractivity contribution is 6.01. The van der Waals surface area contributed by atoms with Crippen LogP contribution in [0.4, 0.5) is 5.82 Å². The van der Waals surface area contributed by atoms with E-state index in [4.69, 9.17) is 4.52 Å². The molecule has 2 aromatic rings. The lowest BCUT2D eigenvalue weighted by atomic mass is 10.0. The second-order valence-electron chi connectivity index (χ2n) is 4.68. The van der Waals surface area contributed by atoms with E-state index in [1.54, 1.807) is 13.0 Å². The first-order valence-electron chi connectivity index (χ1n) is 6.40. The fourth-order valence-corrected chi connectivity index (χ4v) is 1.89. The Morgan fingerprint density at radius 2 is 2.32 bits per heavy atom. The Morgan fingerprint density at radius 1 is 1.53 bits per heavy atom. The van der Waals surface area contributed by atoms with Gasteiger partial charge in [-0.1, -0.05) is 25.4 Å². The first-order chi connectivity index (χ1) is 9.10. The molecule has 0 saturated carbocycles. The maximum Gasteiger partial charge on any atom is 0.295 e. The van der Waals surface area contributed by atoms with E-state index in [2.05, 4.69) is 34.5 Å². The Bertz CT molecular complexity index is 558. The lowest BCUT2D eigenvalue weighted by Gasteiger charge is -2.05. The van der Waals surface area contributed by atoms with E-state index in [9.17, 15) is 4.79 Å². The number of hydrogen-bond acceptors (Lipinski definition) is 4. The molecule has 1 amide bonds. The molecule has 0 aliphatic rings. The second-order valence-corrected chi connectivity index (χ2v) is 4.68. The van der Waals surface area contributed by atoms with Gasteiger partial charge < -0.3 is 9.84 Å². The van der Waals surface area contributed by atoms with Crippen molar-refractivity contribution >= 4 is 11.7 Å². The third kappa shape index (κ3) is 3.21. The smallest absolute Gasteiger partial charge is 0.295 e. The molecule has 2 rings (SSSR count). The summed E-state index contributed by atoms with van der Waals surface area (Å²) in [7, 11) is 0. The molecule has 0 fully saturated rings. The van der Waals surface area contributed by atoms with Gasteiger partial charge in [0.2, 0.25) is 5.76 Å². The van der Waals surface area contributed by atoms with Crippen LogP contribution in [0.1, 0.15) is 54.5 Å². The van der Waals surface area contributed by atoms with E-state index in [1.807, 2.05) is 6.07 Å². The van der Waals surface area contributed by atoms with Gasteiger partial charge in [-0.15, -0.1) is 0 Å². The SMILES string of the molecule is CCC[C@@H](C)c1cc(NC(=O)c2cc(C)no2)n[nH]1. The van der Waals surface area contributed by atoms with Crippen molar-refractivity contribution in [3.63, 3.8) is 0 Å². The predicted molar refractivity (Wildman–Crippen MR) is 71.1 cm³/mol. The number of aromatic amines is 1. The molecule has 102 valence electrons. The molecule has 0 unspecified atom stereocenters. The average molecular weight is 262 g/mol. The van der Waals surface area contributed by atoms with E-state index in [0.29, 0.717) is 17.4 Å². The molecule has 2 heterocycles. The summed E-state index contributed by atoms with van der Waals surface area (Å²) >= 11 is 0. The van der Waals surface area contributed by atoms with Gasteiger partial charge in [-0.3, -0.25) is 9.89 Å². The number of nitrogens with one attached hydrogen (secondary N) is 2. The van der Waals surface area contributed by atoms with E-state index in [1.165, 1.54) is 0 Å². The van der Waals surface area contributed by atoms with Crippen molar-refractivity contribution in [2.75, 3.05) is 5.32 Å². The van der Waals surface area contributed by atoms with Crippen molar-refractivity contribution in [1.29, 1.82) is 0 Å². The minimum atomic E-state index is -0.346. The molecular weight excluding hydrogens is 244 g/mol. The van der Waals surface area contributed by atoms with Crippen molar-refractivity contribution in [1.82, 2.24) is 15.4 Å². The molecule has 0 aliphatic heterocycles. The lowest BCUT2D eigenvalue weighted by Crippen LogP contribution is -2.11. The highest BCUT2D eigenvalue weighted by atomic mass is 16.5. The molecule has 0 saturated heterocycles. The van der Waals surface area contributed by atoms with Crippen LogP contribution in [0.3, 0.4) is 0 Å². The van der Waals surface area contributed by atoms with Crippen LogP contribution in [-0.4, -0.2) is 21.3 Å². The van der Waals surface area contributed by atoms with Crippen LogP contribution in [-0.2, 0) is 0 Å². The van der Waals surface area contributed by atoms with Gasteiger partial charge in [0.25, 0.3) is 5.91 Å². The van der Waals surface area contributed by atoms with Crippen LogP contribution >= 0.6 is 0 Å². The molecular formula is C13H18N4O2. The summed E-state index contributed by atoms with van der Waals surface area (Å²) in [5.41, 5.74) is 1.69. The lowest BCUT2D eigenvalue weighted by molar-refractivity contribution is 0.0987. The summed E-state index contributed by atoms with van der Waals surface area (Å²) in [6.45, 7) is 6.03. The standard InChI is InChI=1S/C13H18N4O2/c1-4-5-8(2)10-7-12(16-15-10)14-13(18)11-6-9(3)17-19-11/h6-8H,4-5H2,1-3H3,(H2,14,15,16,18)/t8-/m1/s1. The normalized spacial score (nSPS) is 12.4. The molecule has 0 radical (unpaired) electrons. The maximum absolute atomic E-state index is 11.8. The molecule has 0 bridgehead atoms. The summed E-state index contributed by atoms with van der Waals surface area (Å²) in [6, 6.07) is 3.43. The quantitative estimate of drug-likeness (QED) is 0.867. The fraction of sp³-hybridized carbons (Fsp3) is 0.462. The first-order valence-corrected chi connectivity index (χ1v) is 6.40. The number of aryl methyl sites for hydroxylation is 1. The molecule has 0 aliphatic carbocycles. The second kappa shape index (κ2) is 5.69. The van der Waals surface area contributed by atoms with Crippen molar-refractivity contribution in [3.8, 4) is 0 Å².